The molecule has 1 rings (SSSR count). The molecule has 0 radical (unpaired) electrons. The normalized spacial score (nSPS) is 9.50. The van der Waals surface area contributed by atoms with Crippen molar-refractivity contribution in [1.29, 1.82) is 0 Å². The molecule has 0 aliphatic carbocycles. The van der Waals surface area contributed by atoms with Gasteiger partial charge in [0.25, 0.3) is 0 Å². The van der Waals surface area contributed by atoms with Crippen LogP contribution >= 0.6 is 0 Å². The predicted octanol–water partition coefficient (Wildman–Crippen LogP) is 2.91. The van der Waals surface area contributed by atoms with Gasteiger partial charge in [0.05, 0.1) is 7.11 Å². The number of carbonyl (C=O) groups excluding carboxylic acids is 1. The molecule has 0 heterocycles. The fraction of sp³-hybridized carbons (Fsp3) is 0.308. The number of aryl methyl sites for hydroxylation is 1. The summed E-state index contributed by atoms with van der Waals surface area (Å²) in [6.45, 7) is 5.72. The number of amides is 1. The van der Waals surface area contributed by atoms with E-state index in [1.54, 1.807) is 13.2 Å². The van der Waals surface area contributed by atoms with Crippen molar-refractivity contribution in [2.24, 2.45) is 0 Å². The monoisotopic (exact) mass is 219 g/mol. The fourth-order valence-corrected chi connectivity index (χ4v) is 1.29. The van der Waals surface area contributed by atoms with Crippen LogP contribution in [0, 0.1) is 6.92 Å². The van der Waals surface area contributed by atoms with E-state index in [0.29, 0.717) is 0 Å². The van der Waals surface area contributed by atoms with Gasteiger partial charge in [0.15, 0.2) is 0 Å². The van der Waals surface area contributed by atoms with Crippen molar-refractivity contribution in [3.8, 4) is 5.75 Å². The summed E-state index contributed by atoms with van der Waals surface area (Å²) in [6.07, 6.45) is 1.57. The number of anilines is 1. The van der Waals surface area contributed by atoms with Crippen LogP contribution in [0.4, 0.5) is 5.69 Å². The number of hydrogen-bond acceptors (Lipinski definition) is 2. The molecule has 1 aromatic rings. The summed E-state index contributed by atoms with van der Waals surface area (Å²) in [5, 5.41) is 2.82. The fourth-order valence-electron chi connectivity index (χ4n) is 1.29. The van der Waals surface area contributed by atoms with Crippen LogP contribution in [0.25, 0.3) is 0 Å². The van der Waals surface area contributed by atoms with Gasteiger partial charge in [0.1, 0.15) is 5.75 Å². The van der Waals surface area contributed by atoms with E-state index < -0.39 is 0 Å². The molecule has 0 bridgehead atoms. The van der Waals surface area contributed by atoms with Gasteiger partial charge in [-0.25, -0.2) is 0 Å². The number of benzene rings is 1. The minimum Gasteiger partial charge on any atom is -0.497 e. The van der Waals surface area contributed by atoms with Crippen LogP contribution in [0.2, 0.25) is 0 Å². The van der Waals surface area contributed by atoms with Crippen molar-refractivity contribution >= 4 is 11.6 Å². The molecule has 0 aliphatic heterocycles. The first-order valence-electron chi connectivity index (χ1n) is 5.13. The van der Waals surface area contributed by atoms with Crippen molar-refractivity contribution < 1.29 is 9.53 Å². The van der Waals surface area contributed by atoms with Crippen molar-refractivity contribution in [3.05, 3.63) is 35.4 Å². The summed E-state index contributed by atoms with van der Waals surface area (Å²) in [5.74, 6) is 0.620. The average molecular weight is 219 g/mol. The highest BCUT2D eigenvalue weighted by Crippen LogP contribution is 2.21. The Labute approximate surface area is 96.1 Å². The molecule has 0 spiro atoms. The molecule has 1 aromatic carbocycles. The minimum atomic E-state index is -0.114. The molecule has 16 heavy (non-hydrogen) atoms. The van der Waals surface area contributed by atoms with Crippen LogP contribution in [0.5, 0.6) is 5.75 Å². The van der Waals surface area contributed by atoms with Crippen molar-refractivity contribution in [3.63, 3.8) is 0 Å². The van der Waals surface area contributed by atoms with Crippen LogP contribution in [0.3, 0.4) is 0 Å². The first-order valence-corrected chi connectivity index (χ1v) is 5.13. The number of methoxy groups -OCH3 is 1. The highest BCUT2D eigenvalue weighted by Gasteiger charge is 2.03. The van der Waals surface area contributed by atoms with Crippen LogP contribution in [-0.4, -0.2) is 13.0 Å². The zero-order valence-corrected chi connectivity index (χ0v) is 10.1. The van der Waals surface area contributed by atoms with Crippen molar-refractivity contribution in [1.82, 2.24) is 0 Å². The van der Waals surface area contributed by atoms with Gasteiger partial charge in [0.2, 0.25) is 5.91 Å². The summed E-state index contributed by atoms with van der Waals surface area (Å²) in [7, 11) is 1.60. The van der Waals surface area contributed by atoms with E-state index >= 15 is 0 Å². The van der Waals surface area contributed by atoms with Gasteiger partial charge >= 0.3 is 0 Å². The Bertz CT molecular complexity index is 418. The van der Waals surface area contributed by atoms with E-state index in [9.17, 15) is 4.79 Å². The van der Waals surface area contributed by atoms with Crippen molar-refractivity contribution in [2.45, 2.75) is 20.8 Å². The minimum absolute atomic E-state index is 0.114. The van der Waals surface area contributed by atoms with Gasteiger partial charge in [-0.1, -0.05) is 11.6 Å². The zero-order chi connectivity index (χ0) is 12.1. The second kappa shape index (κ2) is 5.35. The zero-order valence-electron chi connectivity index (χ0n) is 10.1. The first-order chi connectivity index (χ1) is 7.52. The number of ether oxygens (including phenoxy) is 1. The summed E-state index contributed by atoms with van der Waals surface area (Å²) < 4.78 is 5.11. The molecule has 0 aliphatic rings. The highest BCUT2D eigenvalue weighted by atomic mass is 16.5. The maximum Gasteiger partial charge on any atom is 0.248 e. The average Bonchev–Trinajstić information content (AvgIpc) is 2.20. The van der Waals surface area contributed by atoms with E-state index in [-0.39, 0.29) is 5.91 Å². The Hall–Kier alpha value is -1.77. The third-order valence-corrected chi connectivity index (χ3v) is 2.12. The lowest BCUT2D eigenvalue weighted by atomic mass is 10.2. The molecule has 0 atom stereocenters. The summed E-state index contributed by atoms with van der Waals surface area (Å²) in [5.41, 5.74) is 2.76. The molecule has 1 N–H and O–H groups in total. The second-order valence-electron chi connectivity index (χ2n) is 3.89. The molecular formula is C13H17NO2. The summed E-state index contributed by atoms with van der Waals surface area (Å²) in [4.78, 5) is 11.5. The van der Waals surface area contributed by atoms with Gasteiger partial charge in [-0.05, 0) is 32.4 Å². The molecule has 0 saturated carbocycles. The predicted molar refractivity (Wildman–Crippen MR) is 65.8 cm³/mol. The maximum atomic E-state index is 11.5. The molecule has 0 unspecified atom stereocenters. The Kier molecular flexibility index (Phi) is 4.11. The molecule has 0 saturated heterocycles. The van der Waals surface area contributed by atoms with E-state index in [4.69, 9.17) is 4.74 Å². The smallest absolute Gasteiger partial charge is 0.248 e. The van der Waals surface area contributed by atoms with Crippen LogP contribution < -0.4 is 10.1 Å². The third kappa shape index (κ3) is 3.42. The van der Waals surface area contributed by atoms with E-state index in [1.807, 2.05) is 39.0 Å². The first kappa shape index (κ1) is 12.3. The Morgan fingerprint density at radius 1 is 1.38 bits per heavy atom. The number of hydrogen-bond donors (Lipinski definition) is 1. The summed E-state index contributed by atoms with van der Waals surface area (Å²) >= 11 is 0. The number of nitrogens with one attached hydrogen (secondary N) is 1. The number of allylic oxidation sites excluding steroid dienone is 1. The molecule has 0 fully saturated rings. The lowest BCUT2D eigenvalue weighted by molar-refractivity contribution is -0.111. The topological polar surface area (TPSA) is 38.3 Å². The van der Waals surface area contributed by atoms with Crippen LogP contribution in [0.1, 0.15) is 19.4 Å². The quantitative estimate of drug-likeness (QED) is 0.794. The Morgan fingerprint density at radius 3 is 2.62 bits per heavy atom. The molecule has 3 nitrogen and oxygen atoms in total. The molecule has 86 valence electrons. The molecule has 1 amide bonds. The lowest BCUT2D eigenvalue weighted by Crippen LogP contribution is -2.09. The van der Waals surface area contributed by atoms with Gasteiger partial charge < -0.3 is 10.1 Å². The van der Waals surface area contributed by atoms with E-state index in [2.05, 4.69) is 5.32 Å². The SMILES string of the molecule is COc1ccc(C)c(NC(=O)C=C(C)C)c1. The Balaban J connectivity index is 2.88. The highest BCUT2D eigenvalue weighted by molar-refractivity contribution is 6.00. The molecular weight excluding hydrogens is 202 g/mol. The molecule has 0 aromatic heterocycles. The van der Waals surface area contributed by atoms with E-state index in [0.717, 1.165) is 22.6 Å². The lowest BCUT2D eigenvalue weighted by Gasteiger charge is -2.08. The Morgan fingerprint density at radius 2 is 2.06 bits per heavy atom. The number of carbonyl (C=O) groups is 1. The van der Waals surface area contributed by atoms with Gasteiger partial charge in [-0.3, -0.25) is 4.79 Å². The largest absolute Gasteiger partial charge is 0.497 e. The third-order valence-electron chi connectivity index (χ3n) is 2.12. The second-order valence-corrected chi connectivity index (χ2v) is 3.89. The van der Waals surface area contributed by atoms with Gasteiger partial charge in [0, 0.05) is 17.8 Å². The van der Waals surface area contributed by atoms with Crippen LogP contribution in [0.15, 0.2) is 29.8 Å². The number of rotatable bonds is 3. The van der Waals surface area contributed by atoms with Crippen molar-refractivity contribution in [2.75, 3.05) is 12.4 Å². The molecule has 3 heteroatoms. The summed E-state index contributed by atoms with van der Waals surface area (Å²) in [6, 6.07) is 5.59. The van der Waals surface area contributed by atoms with E-state index in [1.165, 1.54) is 0 Å². The van der Waals surface area contributed by atoms with Crippen LogP contribution in [-0.2, 0) is 4.79 Å². The standard InChI is InChI=1S/C13H17NO2/c1-9(2)7-13(15)14-12-8-11(16-4)6-5-10(12)3/h5-8H,1-4H3,(H,14,15). The maximum absolute atomic E-state index is 11.5. The van der Waals surface area contributed by atoms with Gasteiger partial charge in [-0.15, -0.1) is 0 Å². The van der Waals surface area contributed by atoms with Gasteiger partial charge in [-0.2, -0.15) is 0 Å².